The van der Waals surface area contributed by atoms with E-state index in [1.807, 2.05) is 201 Å². The number of hydrogen-bond donors (Lipinski definition) is 4. The second-order valence-electron chi connectivity index (χ2n) is 28.7. The standard InChI is InChI=1S/C13H14N2O3.C12H11NO.C11H11NO.C10H6N2O.C10H9NO.C9H6BrNO.C9H7NO.C9H6O2.C9H6OS.C6H7NO/c1-13(2,3)18-12(17)15-7-9(8-16)10-5-4-6-14-11(10)15;14-7-9-6-13-12-10-3-1-2-8(10)4-5-11(9)12;1-8-9-5-3-4-6-10(9)12(2)11(8)7-13;1-11-8-2-3-10-9(4-8)7(6-13)5-12-10;1-11-6-8(7-12)9-4-2-3-5-10(9)11;10-7-1-2-8-6(5-12)4-11-9(8)3-7;11-6-7-5-10-9-4-2-1-3-8(7)9;2*10-6-8-5-7-3-1-2-4-9(7)11-8;1-7-4-2-3-6(7)5-8/h4-8H,1-3H3;4-7,13H,1-3H2;3-7H,1-2H3;2-6,12H;2-7H,1H3;1-5,11H;1-6,10H;2*1-6H;2-5H,1H3. The molecule has 23 nitrogen and oxygen atoms in total. The summed E-state index contributed by atoms with van der Waals surface area (Å²) in [6.45, 7) is 14.2. The molecule has 0 atom stereocenters. The van der Waals surface area contributed by atoms with Gasteiger partial charge in [-0.15, -0.1) is 11.3 Å². The molecular weight excluding hydrogens is 1640 g/mol. The number of nitrogens with one attached hydrogen (secondary N) is 4. The van der Waals surface area contributed by atoms with Gasteiger partial charge in [-0.05, 0) is 165 Å². The number of halogens is 1. The zero-order valence-corrected chi connectivity index (χ0v) is 70.3. The third kappa shape index (κ3) is 21.6. The van der Waals surface area contributed by atoms with Gasteiger partial charge in [0.25, 0.3) is 0 Å². The van der Waals surface area contributed by atoms with Crippen LogP contribution < -0.4 is 0 Å². The van der Waals surface area contributed by atoms with E-state index in [0.29, 0.717) is 57.4 Å². The van der Waals surface area contributed by atoms with Crippen molar-refractivity contribution in [2.45, 2.75) is 52.6 Å². The van der Waals surface area contributed by atoms with Crippen molar-refractivity contribution in [2.24, 2.45) is 21.1 Å². The predicted molar refractivity (Wildman–Crippen MR) is 488 cm³/mol. The number of aldehydes is 10. The number of fused-ring (bicyclic) bond motifs is 11. The Kier molecular flexibility index (Phi) is 30.1. The van der Waals surface area contributed by atoms with Crippen molar-refractivity contribution in [1.29, 1.82) is 0 Å². The van der Waals surface area contributed by atoms with Crippen LogP contribution in [0.5, 0.6) is 0 Å². The van der Waals surface area contributed by atoms with Crippen LogP contribution in [0.1, 0.15) is 147 Å². The average Bonchev–Trinajstić information content (AvgIpc) is 1.64. The number of benzene rings is 8. The zero-order valence-electron chi connectivity index (χ0n) is 67.9. The van der Waals surface area contributed by atoms with Crippen LogP contribution >= 0.6 is 27.3 Å². The van der Waals surface area contributed by atoms with Crippen molar-refractivity contribution >= 4 is 199 Å². The number of aryl methyl sites for hydroxylation is 6. The molecule has 0 spiro atoms. The third-order valence-electron chi connectivity index (χ3n) is 19.7. The number of furan rings is 1. The molecule has 20 rings (SSSR count). The van der Waals surface area contributed by atoms with Crippen molar-refractivity contribution in [3.63, 3.8) is 0 Å². The van der Waals surface area contributed by atoms with Gasteiger partial charge in [-0.3, -0.25) is 47.9 Å². The molecule has 0 amide bonds. The number of carbonyl (C=O) groups excluding carboxylic acids is 11. The maximum atomic E-state index is 12.0. The second kappa shape index (κ2) is 41.8. The van der Waals surface area contributed by atoms with Gasteiger partial charge in [0.15, 0.2) is 74.3 Å². The van der Waals surface area contributed by atoms with Crippen LogP contribution in [-0.4, -0.2) is 118 Å². The van der Waals surface area contributed by atoms with Gasteiger partial charge in [0.2, 0.25) is 0 Å². The number of rotatable bonds is 10. The van der Waals surface area contributed by atoms with E-state index in [0.717, 1.165) is 170 Å². The molecule has 0 radical (unpaired) electrons. The number of para-hydroxylation sites is 4. The number of hydrogen-bond acceptors (Lipinski definition) is 15. The molecule has 1 aliphatic carbocycles. The van der Waals surface area contributed by atoms with E-state index in [-0.39, 0.29) is 0 Å². The summed E-state index contributed by atoms with van der Waals surface area (Å²) in [7, 11) is 5.69. The molecule has 0 unspecified atom stereocenters. The molecule has 0 fully saturated rings. The first-order chi connectivity index (χ1) is 59.6. The molecule has 1 aliphatic rings. The lowest BCUT2D eigenvalue weighted by molar-refractivity contribution is 0.0542. The van der Waals surface area contributed by atoms with Crippen LogP contribution in [0.15, 0.2) is 265 Å². The van der Waals surface area contributed by atoms with Gasteiger partial charge >= 0.3 is 6.09 Å². The van der Waals surface area contributed by atoms with Gasteiger partial charge in [-0.25, -0.2) is 19.2 Å². The van der Waals surface area contributed by atoms with E-state index in [4.69, 9.17) is 15.7 Å². The Morgan fingerprint density at radius 1 is 0.512 bits per heavy atom. The predicted octanol–water partition coefficient (Wildman–Crippen LogP) is 22.4. The Morgan fingerprint density at radius 2 is 1.10 bits per heavy atom. The molecule has 8 aromatic carbocycles. The summed E-state index contributed by atoms with van der Waals surface area (Å²) in [4.78, 5) is 138. The van der Waals surface area contributed by atoms with E-state index < -0.39 is 11.7 Å². The first-order valence-electron chi connectivity index (χ1n) is 38.4. The maximum Gasteiger partial charge on any atom is 0.420 e. The topological polar surface area (TPSA) is 310 Å². The summed E-state index contributed by atoms with van der Waals surface area (Å²) in [5, 5.41) is 8.77. The van der Waals surface area contributed by atoms with Crippen LogP contribution in [0.4, 0.5) is 10.5 Å². The molecule has 25 heteroatoms. The summed E-state index contributed by atoms with van der Waals surface area (Å²) in [5.74, 6) is 0.381. The molecule has 0 saturated carbocycles. The minimum atomic E-state index is -0.593. The lowest BCUT2D eigenvalue weighted by Gasteiger charge is -2.19. The Hall–Kier alpha value is -15.4. The maximum absolute atomic E-state index is 12.0. The van der Waals surface area contributed by atoms with Crippen molar-refractivity contribution in [1.82, 2.24) is 43.2 Å². The summed E-state index contributed by atoms with van der Waals surface area (Å²) >= 11 is 4.88. The van der Waals surface area contributed by atoms with Gasteiger partial charge in [-0.1, -0.05) is 131 Å². The highest BCUT2D eigenvalue weighted by Gasteiger charge is 2.22. The van der Waals surface area contributed by atoms with Gasteiger partial charge in [-0.2, -0.15) is 0 Å². The molecule has 616 valence electrons. The average molecular weight is 1720 g/mol. The fraction of sp³-hybridized carbons (Fsp3) is 0.112. The number of aromatic nitrogens is 9. The highest BCUT2D eigenvalue weighted by atomic mass is 79.9. The Balaban J connectivity index is 0.000000134. The van der Waals surface area contributed by atoms with Crippen LogP contribution in [0, 0.1) is 13.5 Å². The molecule has 4 N–H and O–H groups in total. The minimum absolute atomic E-state index is 0.381. The quantitative estimate of drug-likeness (QED) is 0.0731. The molecule has 11 heterocycles. The van der Waals surface area contributed by atoms with Crippen molar-refractivity contribution in [3.05, 3.63) is 344 Å². The smallest absolute Gasteiger partial charge is 0.420 e. The number of carbonyl (C=O) groups is 11. The van der Waals surface area contributed by atoms with E-state index in [1.165, 1.54) is 56.3 Å². The molecule has 0 aliphatic heterocycles. The van der Waals surface area contributed by atoms with Gasteiger partial charge in [0, 0.05) is 184 Å². The van der Waals surface area contributed by atoms with Gasteiger partial charge < -0.3 is 42.8 Å². The van der Waals surface area contributed by atoms with Crippen molar-refractivity contribution < 1.29 is 61.9 Å². The fourth-order valence-electron chi connectivity index (χ4n) is 13.7. The number of thiophene rings is 1. The first-order valence-corrected chi connectivity index (χ1v) is 40.0. The molecule has 0 bridgehead atoms. The van der Waals surface area contributed by atoms with E-state index in [9.17, 15) is 52.7 Å². The van der Waals surface area contributed by atoms with Gasteiger partial charge in [0.05, 0.1) is 22.8 Å². The van der Waals surface area contributed by atoms with Crippen LogP contribution in [0.3, 0.4) is 0 Å². The Bertz CT molecular complexity index is 6890. The SMILES string of the molecule is CC(C)(C)OC(=O)n1cc(C=O)c2cccnc21.Cc1c(C=O)n(C)c2ccccc12.Cn1cc(C=O)c2ccccc21.Cn1cccc1C=O.O=Cc1c[nH]c2c3c(ccc12)CCC3.O=Cc1c[nH]c2cc(Br)ccc12.O=Cc1c[nH]c2ccccc12.O=Cc1cc2ccccc2o1.O=Cc1cc2ccccc2s1.[C-]#[N+]c1ccc2[nH]cc(C=O)c2c1. The monoisotopic (exact) mass is 1720 g/mol. The number of pyridine rings is 1. The highest BCUT2D eigenvalue weighted by Crippen LogP contribution is 2.32. The van der Waals surface area contributed by atoms with E-state index >= 15 is 0 Å². The summed E-state index contributed by atoms with van der Waals surface area (Å²) in [6.07, 6.45) is 24.9. The Labute approximate surface area is 717 Å². The second-order valence-corrected chi connectivity index (χ2v) is 30.8. The number of H-pyrrole nitrogens is 4. The highest BCUT2D eigenvalue weighted by molar-refractivity contribution is 9.10. The lowest BCUT2D eigenvalue weighted by Crippen LogP contribution is -2.26. The molecule has 0 saturated heterocycles. The van der Waals surface area contributed by atoms with Gasteiger partial charge in [0.1, 0.15) is 16.8 Å². The zero-order chi connectivity index (χ0) is 87.7. The van der Waals surface area contributed by atoms with Crippen LogP contribution in [0.25, 0.3) is 102 Å². The molecule has 123 heavy (non-hydrogen) atoms. The summed E-state index contributed by atoms with van der Waals surface area (Å²) in [6, 6.07) is 65.1. The first kappa shape index (κ1) is 88.4. The van der Waals surface area contributed by atoms with Crippen molar-refractivity contribution in [2.75, 3.05) is 0 Å². The third-order valence-corrected chi connectivity index (χ3v) is 21.3. The number of nitrogens with zero attached hydrogens (tertiary/aromatic N) is 6. The normalized spacial score (nSPS) is 10.9. The molecule has 19 aromatic rings. The van der Waals surface area contributed by atoms with Crippen LogP contribution in [0.2, 0.25) is 0 Å². The summed E-state index contributed by atoms with van der Waals surface area (Å²) in [5.41, 5.74) is 16.8. The van der Waals surface area contributed by atoms with Crippen LogP contribution in [-0.2, 0) is 38.7 Å². The number of aromatic amines is 4. The Morgan fingerprint density at radius 3 is 1.72 bits per heavy atom. The minimum Gasteiger partial charge on any atom is -0.453 e. The fourth-order valence-corrected chi connectivity index (χ4v) is 14.9. The van der Waals surface area contributed by atoms with E-state index in [2.05, 4.69) is 57.8 Å². The van der Waals surface area contributed by atoms with Crippen molar-refractivity contribution in [3.8, 4) is 0 Å². The van der Waals surface area contributed by atoms with E-state index in [1.54, 1.807) is 98.8 Å². The largest absolute Gasteiger partial charge is 0.453 e. The summed E-state index contributed by atoms with van der Waals surface area (Å²) < 4.78 is 19.5. The molecular formula is C98H83BrN10O13S. The number of ether oxygens (including phenoxy) is 1. The molecule has 11 aromatic heterocycles. The lowest BCUT2D eigenvalue weighted by atomic mass is 10.1.